The molecule has 2 aromatic carbocycles. The first kappa shape index (κ1) is 23.2. The molecule has 0 fully saturated rings. The molecule has 0 unspecified atom stereocenters. The lowest BCUT2D eigenvalue weighted by Crippen LogP contribution is -2.50. The number of hydrogen-bond donors (Lipinski definition) is 1. The maximum absolute atomic E-state index is 13.1. The van der Waals surface area contributed by atoms with Crippen molar-refractivity contribution in [2.45, 2.75) is 52.1 Å². The van der Waals surface area contributed by atoms with E-state index in [1.165, 1.54) is 0 Å². The van der Waals surface area contributed by atoms with Crippen LogP contribution in [0.2, 0.25) is 10.0 Å². The highest BCUT2D eigenvalue weighted by molar-refractivity contribution is 6.42. The molecule has 1 N–H and O–H groups in total. The number of halogens is 2. The summed E-state index contributed by atoms with van der Waals surface area (Å²) in [6.45, 7) is 6.20. The van der Waals surface area contributed by atoms with Crippen LogP contribution in [-0.4, -0.2) is 35.3 Å². The number of hydrogen-bond acceptors (Lipinski definition) is 2. The van der Waals surface area contributed by atoms with Gasteiger partial charge in [-0.05, 0) is 49.9 Å². The molecule has 4 nitrogen and oxygen atoms in total. The van der Waals surface area contributed by atoms with Crippen LogP contribution >= 0.6 is 23.2 Å². The minimum atomic E-state index is -0.567. The quantitative estimate of drug-likeness (QED) is 0.609. The summed E-state index contributed by atoms with van der Waals surface area (Å²) in [6, 6.07) is 14.6. The highest BCUT2D eigenvalue weighted by atomic mass is 35.5. The Morgan fingerprint density at radius 1 is 1.00 bits per heavy atom. The molecule has 0 saturated carbocycles. The Morgan fingerprint density at radius 3 is 2.31 bits per heavy atom. The SMILES string of the molecule is CC[C@H](C)NC(=O)[C@H](C)N(CCc1ccccc1)C(=O)Cc1ccc(Cl)c(Cl)c1. The van der Waals surface area contributed by atoms with Crippen molar-refractivity contribution in [2.24, 2.45) is 0 Å². The van der Waals surface area contributed by atoms with Gasteiger partial charge in [-0.15, -0.1) is 0 Å². The summed E-state index contributed by atoms with van der Waals surface area (Å²) < 4.78 is 0. The van der Waals surface area contributed by atoms with E-state index in [-0.39, 0.29) is 24.3 Å². The molecule has 0 heterocycles. The number of nitrogens with zero attached hydrogens (tertiary/aromatic N) is 1. The minimum Gasteiger partial charge on any atom is -0.352 e. The summed E-state index contributed by atoms with van der Waals surface area (Å²) in [4.78, 5) is 27.4. The third-order valence-corrected chi connectivity index (χ3v) is 5.73. The summed E-state index contributed by atoms with van der Waals surface area (Å²) >= 11 is 12.1. The molecule has 0 saturated heterocycles. The number of rotatable bonds is 9. The van der Waals surface area contributed by atoms with E-state index >= 15 is 0 Å². The van der Waals surface area contributed by atoms with Crippen molar-refractivity contribution in [1.29, 1.82) is 0 Å². The van der Waals surface area contributed by atoms with Gasteiger partial charge in [-0.2, -0.15) is 0 Å². The highest BCUT2D eigenvalue weighted by Crippen LogP contribution is 2.23. The number of carbonyl (C=O) groups is 2. The van der Waals surface area contributed by atoms with Crippen molar-refractivity contribution in [3.05, 3.63) is 69.7 Å². The van der Waals surface area contributed by atoms with Gasteiger partial charge in [-0.3, -0.25) is 9.59 Å². The summed E-state index contributed by atoms with van der Waals surface area (Å²) in [7, 11) is 0. The van der Waals surface area contributed by atoms with Crippen LogP contribution in [0.1, 0.15) is 38.3 Å². The third kappa shape index (κ3) is 7.06. The fourth-order valence-electron chi connectivity index (χ4n) is 2.96. The molecule has 0 aliphatic rings. The Balaban J connectivity index is 2.16. The van der Waals surface area contributed by atoms with E-state index in [9.17, 15) is 9.59 Å². The maximum Gasteiger partial charge on any atom is 0.242 e. The van der Waals surface area contributed by atoms with E-state index in [1.54, 1.807) is 30.0 Å². The van der Waals surface area contributed by atoms with Crippen LogP contribution in [0.15, 0.2) is 48.5 Å². The first-order valence-electron chi connectivity index (χ1n) is 9.89. The van der Waals surface area contributed by atoms with Crippen molar-refractivity contribution in [3.8, 4) is 0 Å². The molecule has 6 heteroatoms. The summed E-state index contributed by atoms with van der Waals surface area (Å²) in [5, 5.41) is 3.83. The van der Waals surface area contributed by atoms with Crippen LogP contribution in [0.25, 0.3) is 0 Å². The van der Waals surface area contributed by atoms with E-state index in [2.05, 4.69) is 5.32 Å². The van der Waals surface area contributed by atoms with Gasteiger partial charge in [0.05, 0.1) is 16.5 Å². The average molecular weight is 435 g/mol. The Morgan fingerprint density at radius 2 is 1.69 bits per heavy atom. The van der Waals surface area contributed by atoms with Crippen LogP contribution in [0, 0.1) is 0 Å². The molecule has 0 spiro atoms. The number of amides is 2. The molecule has 0 aromatic heterocycles. The van der Waals surface area contributed by atoms with Gasteiger partial charge in [-0.25, -0.2) is 0 Å². The molecule has 0 aliphatic heterocycles. The maximum atomic E-state index is 13.1. The van der Waals surface area contributed by atoms with Gasteiger partial charge >= 0.3 is 0 Å². The van der Waals surface area contributed by atoms with Gasteiger partial charge in [0.15, 0.2) is 0 Å². The predicted octanol–water partition coefficient (Wildman–Crippen LogP) is 4.91. The number of benzene rings is 2. The Hall–Kier alpha value is -2.04. The molecule has 0 radical (unpaired) electrons. The van der Waals surface area contributed by atoms with E-state index < -0.39 is 6.04 Å². The van der Waals surface area contributed by atoms with Crippen molar-refractivity contribution in [3.63, 3.8) is 0 Å². The van der Waals surface area contributed by atoms with Gasteiger partial charge in [0.2, 0.25) is 11.8 Å². The third-order valence-electron chi connectivity index (χ3n) is 4.99. The van der Waals surface area contributed by atoms with Crippen molar-refractivity contribution >= 4 is 35.0 Å². The fourth-order valence-corrected chi connectivity index (χ4v) is 3.28. The fraction of sp³-hybridized carbons (Fsp3) is 0.391. The second-order valence-corrected chi connectivity index (χ2v) is 8.06. The van der Waals surface area contributed by atoms with Crippen LogP contribution in [0.3, 0.4) is 0 Å². The number of nitrogens with one attached hydrogen (secondary N) is 1. The Kier molecular flexibility index (Phi) is 8.99. The standard InChI is InChI=1S/C23H28Cl2N2O2/c1-4-16(2)26-23(29)17(3)27(13-12-18-8-6-5-7-9-18)22(28)15-19-10-11-20(24)21(25)14-19/h5-11,14,16-17H,4,12-13,15H2,1-3H3,(H,26,29)/t16-,17-/m0/s1. The lowest BCUT2D eigenvalue weighted by molar-refractivity contribution is -0.139. The molecule has 0 bridgehead atoms. The molecule has 29 heavy (non-hydrogen) atoms. The Labute approximate surface area is 183 Å². The summed E-state index contributed by atoms with van der Waals surface area (Å²) in [5.41, 5.74) is 1.89. The second-order valence-electron chi connectivity index (χ2n) is 7.24. The van der Waals surface area contributed by atoms with Gasteiger partial charge in [0.1, 0.15) is 6.04 Å². The first-order chi connectivity index (χ1) is 13.8. The van der Waals surface area contributed by atoms with Crippen LogP contribution in [0.5, 0.6) is 0 Å². The van der Waals surface area contributed by atoms with Crippen LogP contribution in [-0.2, 0) is 22.4 Å². The molecular formula is C23H28Cl2N2O2. The van der Waals surface area contributed by atoms with Gasteiger partial charge in [0.25, 0.3) is 0 Å². The molecule has 2 atom stereocenters. The van der Waals surface area contributed by atoms with E-state index in [1.807, 2.05) is 44.2 Å². The van der Waals surface area contributed by atoms with Crippen LogP contribution in [0.4, 0.5) is 0 Å². The molecule has 156 valence electrons. The van der Waals surface area contributed by atoms with E-state index in [4.69, 9.17) is 23.2 Å². The van der Waals surface area contributed by atoms with E-state index in [0.717, 1.165) is 17.5 Å². The summed E-state index contributed by atoms with van der Waals surface area (Å²) in [5.74, 6) is -0.263. The smallest absolute Gasteiger partial charge is 0.242 e. The van der Waals surface area contributed by atoms with Crippen molar-refractivity contribution < 1.29 is 9.59 Å². The zero-order chi connectivity index (χ0) is 21.4. The topological polar surface area (TPSA) is 49.4 Å². The van der Waals surface area contributed by atoms with Gasteiger partial charge in [-0.1, -0.05) is 66.5 Å². The molecule has 0 aliphatic carbocycles. The molecule has 2 rings (SSSR count). The van der Waals surface area contributed by atoms with Crippen molar-refractivity contribution in [2.75, 3.05) is 6.54 Å². The zero-order valence-electron chi connectivity index (χ0n) is 17.1. The zero-order valence-corrected chi connectivity index (χ0v) is 18.6. The Bertz CT molecular complexity index is 827. The first-order valence-corrected chi connectivity index (χ1v) is 10.6. The normalized spacial score (nSPS) is 12.9. The van der Waals surface area contributed by atoms with Gasteiger partial charge < -0.3 is 10.2 Å². The molecule has 2 aromatic rings. The van der Waals surface area contributed by atoms with Gasteiger partial charge in [0, 0.05) is 12.6 Å². The predicted molar refractivity (Wildman–Crippen MR) is 119 cm³/mol. The highest BCUT2D eigenvalue weighted by Gasteiger charge is 2.26. The lowest BCUT2D eigenvalue weighted by Gasteiger charge is -2.29. The monoisotopic (exact) mass is 434 g/mol. The second kappa shape index (κ2) is 11.2. The summed E-state index contributed by atoms with van der Waals surface area (Å²) in [6.07, 6.45) is 1.67. The minimum absolute atomic E-state index is 0.0612. The largest absolute Gasteiger partial charge is 0.352 e. The lowest BCUT2D eigenvalue weighted by atomic mass is 10.1. The molecule has 2 amide bonds. The van der Waals surface area contributed by atoms with Crippen molar-refractivity contribution in [1.82, 2.24) is 10.2 Å². The van der Waals surface area contributed by atoms with Crippen LogP contribution < -0.4 is 5.32 Å². The van der Waals surface area contributed by atoms with E-state index in [0.29, 0.717) is 23.0 Å². The molecular weight excluding hydrogens is 407 g/mol. The number of carbonyl (C=O) groups excluding carboxylic acids is 2. The average Bonchev–Trinajstić information content (AvgIpc) is 2.71.